The van der Waals surface area contributed by atoms with E-state index in [0.717, 1.165) is 0 Å². The van der Waals surface area contributed by atoms with Crippen LogP contribution in [-0.4, -0.2) is 49.1 Å². The SMILES string of the molecule is CC1=C(C(=O)OCCC2OCCO2)C(c2cccc([N+](=O)[O-])c2)C(C(=O)OC(C)C)=C(C)N1. The van der Waals surface area contributed by atoms with Crippen LogP contribution in [0.1, 0.15) is 45.6 Å². The highest BCUT2D eigenvalue weighted by Crippen LogP contribution is 2.40. The lowest BCUT2D eigenvalue weighted by molar-refractivity contribution is -0.384. The zero-order valence-electron chi connectivity index (χ0n) is 19.1. The zero-order valence-corrected chi connectivity index (χ0v) is 19.1. The third-order valence-electron chi connectivity index (χ3n) is 5.23. The fraction of sp³-hybridized carbons (Fsp3) is 0.478. The van der Waals surface area contributed by atoms with Gasteiger partial charge in [-0.2, -0.15) is 0 Å². The molecule has 1 aromatic rings. The Labute approximate surface area is 191 Å². The quantitative estimate of drug-likeness (QED) is 0.354. The number of non-ortho nitro benzene ring substituents is 1. The molecule has 0 bridgehead atoms. The maximum atomic E-state index is 13.2. The first kappa shape index (κ1) is 24.4. The molecule has 2 aliphatic rings. The Kier molecular flexibility index (Phi) is 7.83. The number of dihydropyridines is 1. The Morgan fingerprint density at radius 2 is 1.79 bits per heavy atom. The van der Waals surface area contributed by atoms with Gasteiger partial charge < -0.3 is 24.3 Å². The molecule has 1 saturated heterocycles. The first-order valence-corrected chi connectivity index (χ1v) is 10.7. The van der Waals surface area contributed by atoms with Gasteiger partial charge in [-0.15, -0.1) is 0 Å². The highest BCUT2D eigenvalue weighted by atomic mass is 16.7. The summed E-state index contributed by atoms with van der Waals surface area (Å²) in [6.45, 7) is 7.86. The van der Waals surface area contributed by atoms with Gasteiger partial charge in [0, 0.05) is 29.9 Å². The van der Waals surface area contributed by atoms with Gasteiger partial charge in [0.25, 0.3) is 5.69 Å². The number of carbonyl (C=O) groups is 2. The number of rotatable bonds is 8. The highest BCUT2D eigenvalue weighted by Gasteiger charge is 2.38. The van der Waals surface area contributed by atoms with E-state index in [9.17, 15) is 19.7 Å². The molecule has 0 radical (unpaired) electrons. The largest absolute Gasteiger partial charge is 0.462 e. The minimum absolute atomic E-state index is 0.0520. The number of nitro benzene ring substituents is 1. The molecule has 178 valence electrons. The van der Waals surface area contributed by atoms with E-state index in [2.05, 4.69) is 5.32 Å². The van der Waals surface area contributed by atoms with E-state index < -0.39 is 35.2 Å². The molecule has 0 aromatic heterocycles. The summed E-state index contributed by atoms with van der Waals surface area (Å²) in [7, 11) is 0. The highest BCUT2D eigenvalue weighted by molar-refractivity contribution is 6.00. The van der Waals surface area contributed by atoms with Crippen molar-refractivity contribution in [2.75, 3.05) is 19.8 Å². The number of ether oxygens (including phenoxy) is 4. The van der Waals surface area contributed by atoms with Crippen LogP contribution in [-0.2, 0) is 28.5 Å². The van der Waals surface area contributed by atoms with Crippen molar-refractivity contribution in [2.45, 2.75) is 52.4 Å². The third-order valence-corrected chi connectivity index (χ3v) is 5.23. The second-order valence-electron chi connectivity index (χ2n) is 8.04. The van der Waals surface area contributed by atoms with Crippen molar-refractivity contribution in [1.29, 1.82) is 0 Å². The van der Waals surface area contributed by atoms with Crippen molar-refractivity contribution in [3.8, 4) is 0 Å². The van der Waals surface area contributed by atoms with Crippen LogP contribution in [0, 0.1) is 10.1 Å². The van der Waals surface area contributed by atoms with Crippen LogP contribution >= 0.6 is 0 Å². The minimum atomic E-state index is -0.899. The van der Waals surface area contributed by atoms with Crippen LogP contribution < -0.4 is 5.32 Å². The topological polar surface area (TPSA) is 126 Å². The van der Waals surface area contributed by atoms with Gasteiger partial charge in [0.05, 0.1) is 47.9 Å². The third kappa shape index (κ3) is 5.77. The van der Waals surface area contributed by atoms with Crippen LogP contribution in [0.3, 0.4) is 0 Å². The van der Waals surface area contributed by atoms with Gasteiger partial charge in [-0.25, -0.2) is 9.59 Å². The maximum absolute atomic E-state index is 13.2. The van der Waals surface area contributed by atoms with Crippen LogP contribution in [0.15, 0.2) is 46.8 Å². The van der Waals surface area contributed by atoms with Crippen molar-refractivity contribution >= 4 is 17.6 Å². The van der Waals surface area contributed by atoms with Crippen LogP contribution in [0.4, 0.5) is 5.69 Å². The van der Waals surface area contributed by atoms with Gasteiger partial charge in [-0.3, -0.25) is 10.1 Å². The lowest BCUT2D eigenvalue weighted by Gasteiger charge is -2.30. The summed E-state index contributed by atoms with van der Waals surface area (Å²) in [4.78, 5) is 37.0. The molecular weight excluding hydrogens is 432 g/mol. The normalized spacial score (nSPS) is 19.0. The molecule has 1 N–H and O–H groups in total. The fourth-order valence-corrected chi connectivity index (χ4v) is 3.86. The summed E-state index contributed by atoms with van der Waals surface area (Å²) in [5, 5.41) is 14.4. The van der Waals surface area contributed by atoms with Gasteiger partial charge in [-0.1, -0.05) is 12.1 Å². The smallest absolute Gasteiger partial charge is 0.337 e. The van der Waals surface area contributed by atoms with Gasteiger partial charge in [-0.05, 0) is 33.3 Å². The van der Waals surface area contributed by atoms with E-state index in [-0.39, 0.29) is 23.4 Å². The number of nitro groups is 1. The van der Waals surface area contributed by atoms with E-state index in [1.165, 1.54) is 18.2 Å². The van der Waals surface area contributed by atoms with Gasteiger partial charge in [0.1, 0.15) is 0 Å². The van der Waals surface area contributed by atoms with Crippen molar-refractivity contribution in [3.05, 3.63) is 62.5 Å². The molecule has 0 aliphatic carbocycles. The number of carbonyl (C=O) groups excluding carboxylic acids is 2. The molecule has 1 atom stereocenters. The Morgan fingerprint density at radius 3 is 2.39 bits per heavy atom. The molecule has 0 spiro atoms. The monoisotopic (exact) mass is 460 g/mol. The van der Waals surface area contributed by atoms with E-state index in [1.807, 2.05) is 0 Å². The van der Waals surface area contributed by atoms with Crippen molar-refractivity contribution in [3.63, 3.8) is 0 Å². The summed E-state index contributed by atoms with van der Waals surface area (Å²) in [5.74, 6) is -2.15. The zero-order chi connectivity index (χ0) is 24.1. The number of benzene rings is 1. The number of nitrogens with one attached hydrogen (secondary N) is 1. The van der Waals surface area contributed by atoms with Crippen molar-refractivity contribution in [1.82, 2.24) is 5.32 Å². The predicted molar refractivity (Wildman–Crippen MR) is 117 cm³/mol. The fourth-order valence-electron chi connectivity index (χ4n) is 3.86. The number of hydrogen-bond donors (Lipinski definition) is 1. The lowest BCUT2D eigenvalue weighted by atomic mass is 9.80. The van der Waals surface area contributed by atoms with E-state index >= 15 is 0 Å². The molecule has 1 fully saturated rings. The summed E-state index contributed by atoms with van der Waals surface area (Å²) in [6.07, 6.45) is -0.453. The molecule has 2 aliphatic heterocycles. The number of hydrogen-bond acceptors (Lipinski definition) is 9. The summed E-state index contributed by atoms with van der Waals surface area (Å²) in [5.41, 5.74) is 1.63. The average Bonchev–Trinajstić information content (AvgIpc) is 3.26. The molecule has 10 nitrogen and oxygen atoms in total. The number of allylic oxidation sites excluding steroid dienone is 2. The van der Waals surface area contributed by atoms with E-state index in [0.29, 0.717) is 36.6 Å². The summed E-state index contributed by atoms with van der Waals surface area (Å²) < 4.78 is 21.6. The molecule has 0 amide bonds. The molecule has 2 heterocycles. The number of nitrogens with zero attached hydrogens (tertiary/aromatic N) is 1. The van der Waals surface area contributed by atoms with Gasteiger partial charge in [0.2, 0.25) is 0 Å². The second kappa shape index (κ2) is 10.6. The van der Waals surface area contributed by atoms with E-state index in [4.69, 9.17) is 18.9 Å². The van der Waals surface area contributed by atoms with Crippen LogP contribution in [0.5, 0.6) is 0 Å². The molecule has 10 heteroatoms. The summed E-state index contributed by atoms with van der Waals surface area (Å²) in [6, 6.07) is 5.86. The Morgan fingerprint density at radius 1 is 1.15 bits per heavy atom. The van der Waals surface area contributed by atoms with Crippen LogP contribution in [0.25, 0.3) is 0 Å². The van der Waals surface area contributed by atoms with Gasteiger partial charge >= 0.3 is 11.9 Å². The first-order valence-electron chi connectivity index (χ1n) is 10.7. The second-order valence-corrected chi connectivity index (χ2v) is 8.04. The maximum Gasteiger partial charge on any atom is 0.337 e. The first-order chi connectivity index (χ1) is 15.7. The molecule has 0 saturated carbocycles. The Hall–Kier alpha value is -3.24. The molecule has 3 rings (SSSR count). The Balaban J connectivity index is 1.97. The molecule has 1 aromatic carbocycles. The lowest BCUT2D eigenvalue weighted by Crippen LogP contribution is -2.33. The minimum Gasteiger partial charge on any atom is -0.462 e. The molecule has 33 heavy (non-hydrogen) atoms. The summed E-state index contributed by atoms with van der Waals surface area (Å²) >= 11 is 0. The standard InChI is InChI=1S/C23H28N2O8/c1-13(2)33-23(27)20-15(4)24-14(3)19(22(26)32-9-8-18-30-10-11-31-18)21(20)16-6-5-7-17(12-16)25(28)29/h5-7,12-13,18,21,24H,8-11H2,1-4H3. The average molecular weight is 460 g/mol. The molecular formula is C23H28N2O8. The molecule has 1 unspecified atom stereocenters. The van der Waals surface area contributed by atoms with Crippen molar-refractivity contribution < 1.29 is 33.5 Å². The number of esters is 2. The predicted octanol–water partition coefficient (Wildman–Crippen LogP) is 3.09. The van der Waals surface area contributed by atoms with E-state index in [1.54, 1.807) is 33.8 Å². The van der Waals surface area contributed by atoms with Crippen molar-refractivity contribution in [2.24, 2.45) is 0 Å². The van der Waals surface area contributed by atoms with Gasteiger partial charge in [0.15, 0.2) is 6.29 Å². The van der Waals surface area contributed by atoms with Crippen LogP contribution in [0.2, 0.25) is 0 Å². The Bertz CT molecular complexity index is 992.